The maximum atomic E-state index is 8.75. The SMILES string of the molecule is OBOc1ccc(-c2ccc(Br)c3ccccc23)cc1. The quantitative estimate of drug-likeness (QED) is 0.739. The van der Waals surface area contributed by atoms with Crippen molar-refractivity contribution in [3.8, 4) is 16.9 Å². The molecule has 0 heterocycles. The van der Waals surface area contributed by atoms with Gasteiger partial charge in [0, 0.05) is 4.47 Å². The first-order valence-electron chi connectivity index (χ1n) is 6.31. The van der Waals surface area contributed by atoms with Gasteiger partial charge in [-0.15, -0.1) is 0 Å². The van der Waals surface area contributed by atoms with Crippen LogP contribution in [0.5, 0.6) is 5.75 Å². The van der Waals surface area contributed by atoms with Gasteiger partial charge in [0.25, 0.3) is 0 Å². The van der Waals surface area contributed by atoms with Crippen LogP contribution in [0.25, 0.3) is 21.9 Å². The average Bonchev–Trinajstić information content (AvgIpc) is 2.49. The molecule has 0 saturated heterocycles. The zero-order valence-corrected chi connectivity index (χ0v) is 12.3. The Morgan fingerprint density at radius 3 is 2.25 bits per heavy atom. The van der Waals surface area contributed by atoms with Gasteiger partial charge >= 0.3 is 7.69 Å². The van der Waals surface area contributed by atoms with E-state index in [-0.39, 0.29) is 7.69 Å². The molecule has 20 heavy (non-hydrogen) atoms. The highest BCUT2D eigenvalue weighted by Gasteiger charge is 2.06. The van der Waals surface area contributed by atoms with Gasteiger partial charge in [-0.1, -0.05) is 58.4 Å². The molecule has 3 aromatic carbocycles. The number of benzene rings is 3. The maximum Gasteiger partial charge on any atom is 0.504 e. The molecule has 0 unspecified atom stereocenters. The fraction of sp³-hybridized carbons (Fsp3) is 0. The Morgan fingerprint density at radius 2 is 1.55 bits per heavy atom. The van der Waals surface area contributed by atoms with Gasteiger partial charge in [-0.05, 0) is 40.1 Å². The van der Waals surface area contributed by atoms with Crippen molar-refractivity contribution < 1.29 is 9.68 Å². The van der Waals surface area contributed by atoms with E-state index in [9.17, 15) is 0 Å². The lowest BCUT2D eigenvalue weighted by Gasteiger charge is -2.09. The van der Waals surface area contributed by atoms with Crippen LogP contribution in [0.4, 0.5) is 0 Å². The molecule has 3 aromatic rings. The van der Waals surface area contributed by atoms with Crippen molar-refractivity contribution in [2.75, 3.05) is 0 Å². The molecule has 0 aliphatic heterocycles. The molecule has 2 nitrogen and oxygen atoms in total. The van der Waals surface area contributed by atoms with Crippen LogP contribution in [0.15, 0.2) is 65.1 Å². The van der Waals surface area contributed by atoms with Crippen LogP contribution in [0.2, 0.25) is 0 Å². The third-order valence-electron chi connectivity index (χ3n) is 3.27. The Morgan fingerprint density at radius 1 is 0.850 bits per heavy atom. The first kappa shape index (κ1) is 13.2. The molecule has 0 bridgehead atoms. The maximum absolute atomic E-state index is 8.75. The highest BCUT2D eigenvalue weighted by molar-refractivity contribution is 9.10. The molecule has 0 radical (unpaired) electrons. The zero-order valence-electron chi connectivity index (χ0n) is 10.7. The van der Waals surface area contributed by atoms with E-state index in [0.717, 1.165) is 10.0 Å². The Labute approximate surface area is 126 Å². The molecular weight excluding hydrogens is 315 g/mol. The van der Waals surface area contributed by atoms with Crippen LogP contribution in [-0.2, 0) is 0 Å². The predicted octanol–water partition coefficient (Wildman–Crippen LogP) is 3.91. The lowest BCUT2D eigenvalue weighted by molar-refractivity contribution is 0.454. The molecule has 0 amide bonds. The summed E-state index contributed by atoms with van der Waals surface area (Å²) in [5, 5.41) is 11.2. The summed E-state index contributed by atoms with van der Waals surface area (Å²) in [6, 6.07) is 20.2. The molecule has 3 rings (SSSR count). The van der Waals surface area contributed by atoms with Gasteiger partial charge in [-0.3, -0.25) is 0 Å². The molecule has 0 saturated carbocycles. The van der Waals surface area contributed by atoms with E-state index in [2.05, 4.69) is 40.2 Å². The van der Waals surface area contributed by atoms with Crippen LogP contribution in [-0.4, -0.2) is 12.7 Å². The van der Waals surface area contributed by atoms with Crippen molar-refractivity contribution in [3.63, 3.8) is 0 Å². The molecule has 0 aliphatic rings. The van der Waals surface area contributed by atoms with Crippen molar-refractivity contribution in [1.29, 1.82) is 0 Å². The Balaban J connectivity index is 2.12. The summed E-state index contributed by atoms with van der Waals surface area (Å²) in [5.41, 5.74) is 2.30. The Hall–Kier alpha value is -1.78. The molecule has 0 aromatic heterocycles. The number of halogens is 1. The molecule has 0 aliphatic carbocycles. The van der Waals surface area contributed by atoms with Crippen molar-refractivity contribution >= 4 is 34.4 Å². The van der Waals surface area contributed by atoms with Gasteiger partial charge in [-0.25, -0.2) is 0 Å². The minimum Gasteiger partial charge on any atom is -0.539 e. The average molecular weight is 327 g/mol. The lowest BCUT2D eigenvalue weighted by Crippen LogP contribution is -1.99. The second-order valence-electron chi connectivity index (χ2n) is 4.44. The summed E-state index contributed by atoms with van der Waals surface area (Å²) in [7, 11) is -0.305. The summed E-state index contributed by atoms with van der Waals surface area (Å²) >= 11 is 3.59. The van der Waals surface area contributed by atoms with Gasteiger partial charge < -0.3 is 9.68 Å². The van der Waals surface area contributed by atoms with Crippen molar-refractivity contribution in [3.05, 3.63) is 65.1 Å². The third kappa shape index (κ3) is 2.44. The second-order valence-corrected chi connectivity index (χ2v) is 5.29. The Kier molecular flexibility index (Phi) is 3.76. The van der Waals surface area contributed by atoms with E-state index in [4.69, 9.17) is 9.68 Å². The summed E-state index contributed by atoms with van der Waals surface area (Å²) in [5.74, 6) is 0.665. The van der Waals surface area contributed by atoms with E-state index in [1.54, 1.807) is 0 Å². The van der Waals surface area contributed by atoms with E-state index in [1.807, 2.05) is 36.4 Å². The van der Waals surface area contributed by atoms with E-state index in [1.165, 1.54) is 16.3 Å². The highest BCUT2D eigenvalue weighted by Crippen LogP contribution is 2.33. The highest BCUT2D eigenvalue weighted by atomic mass is 79.9. The first-order valence-corrected chi connectivity index (χ1v) is 7.10. The smallest absolute Gasteiger partial charge is 0.504 e. The van der Waals surface area contributed by atoms with Gasteiger partial charge in [0.1, 0.15) is 5.75 Å². The molecular formula is C16H12BBrO2. The molecule has 1 N–H and O–H groups in total. The largest absolute Gasteiger partial charge is 0.539 e. The molecule has 4 heteroatoms. The molecule has 0 atom stereocenters. The number of hydrogen-bond acceptors (Lipinski definition) is 2. The topological polar surface area (TPSA) is 29.5 Å². The monoisotopic (exact) mass is 326 g/mol. The molecule has 0 spiro atoms. The zero-order chi connectivity index (χ0) is 13.9. The van der Waals surface area contributed by atoms with Crippen LogP contribution in [0.1, 0.15) is 0 Å². The summed E-state index contributed by atoms with van der Waals surface area (Å²) in [4.78, 5) is 0. The minimum absolute atomic E-state index is 0.305. The third-order valence-corrected chi connectivity index (χ3v) is 3.96. The fourth-order valence-corrected chi connectivity index (χ4v) is 2.80. The van der Waals surface area contributed by atoms with Crippen LogP contribution < -0.4 is 4.65 Å². The van der Waals surface area contributed by atoms with Crippen LogP contribution in [0, 0.1) is 0 Å². The first-order chi connectivity index (χ1) is 9.79. The van der Waals surface area contributed by atoms with Crippen LogP contribution >= 0.6 is 15.9 Å². The lowest BCUT2D eigenvalue weighted by atomic mass is 9.98. The van der Waals surface area contributed by atoms with Crippen LogP contribution in [0.3, 0.4) is 0 Å². The van der Waals surface area contributed by atoms with E-state index in [0.29, 0.717) is 5.75 Å². The second kappa shape index (κ2) is 5.69. The van der Waals surface area contributed by atoms with Gasteiger partial charge in [0.05, 0.1) is 0 Å². The van der Waals surface area contributed by atoms with Gasteiger partial charge in [0.2, 0.25) is 0 Å². The molecule has 0 fully saturated rings. The van der Waals surface area contributed by atoms with Crippen molar-refractivity contribution in [1.82, 2.24) is 0 Å². The summed E-state index contributed by atoms with van der Waals surface area (Å²) in [6.07, 6.45) is 0. The van der Waals surface area contributed by atoms with E-state index < -0.39 is 0 Å². The van der Waals surface area contributed by atoms with Gasteiger partial charge in [0.15, 0.2) is 0 Å². The minimum atomic E-state index is -0.305. The number of hydrogen-bond donors (Lipinski definition) is 1. The van der Waals surface area contributed by atoms with Gasteiger partial charge in [-0.2, -0.15) is 0 Å². The van der Waals surface area contributed by atoms with E-state index >= 15 is 0 Å². The van der Waals surface area contributed by atoms with Crippen molar-refractivity contribution in [2.45, 2.75) is 0 Å². The summed E-state index contributed by atoms with van der Waals surface area (Å²) in [6.45, 7) is 0. The number of fused-ring (bicyclic) bond motifs is 1. The fourth-order valence-electron chi connectivity index (χ4n) is 2.32. The Bertz CT molecular complexity index is 741. The summed E-state index contributed by atoms with van der Waals surface area (Å²) < 4.78 is 6.15. The predicted molar refractivity (Wildman–Crippen MR) is 87.1 cm³/mol. The normalized spacial score (nSPS) is 10.5. The number of rotatable bonds is 3. The standard InChI is InChI=1S/C16H12BBrO2/c18-16-10-9-13(14-3-1-2-4-15(14)16)11-5-7-12(8-6-11)20-17-19/h1-10,17,19H. The van der Waals surface area contributed by atoms with Crippen molar-refractivity contribution in [2.24, 2.45) is 0 Å². The molecule has 98 valence electrons.